The fraction of sp³-hybridized carbons (Fsp3) is 0.364. The number of hydrogen-bond acceptors (Lipinski definition) is 6. The summed E-state index contributed by atoms with van der Waals surface area (Å²) < 4.78 is 21.8. The van der Waals surface area contributed by atoms with Gasteiger partial charge in [0.2, 0.25) is 11.9 Å². The average Bonchev–Trinajstić information content (AvgIpc) is 3.48. The van der Waals surface area contributed by atoms with E-state index in [4.69, 9.17) is 4.74 Å². The maximum atomic E-state index is 14.4. The predicted molar refractivity (Wildman–Crippen MR) is 113 cm³/mol. The normalized spacial score (nSPS) is 15.5. The van der Waals surface area contributed by atoms with Crippen molar-refractivity contribution in [3.8, 4) is 5.75 Å². The van der Waals surface area contributed by atoms with Crippen LogP contribution in [0.5, 0.6) is 5.75 Å². The van der Waals surface area contributed by atoms with Gasteiger partial charge < -0.3 is 15.0 Å². The number of carbonyl (C=O) groups is 1. The van der Waals surface area contributed by atoms with Gasteiger partial charge in [0.25, 0.3) is 0 Å². The lowest BCUT2D eigenvalue weighted by molar-refractivity contribution is -0.130. The van der Waals surface area contributed by atoms with Crippen molar-refractivity contribution in [3.05, 3.63) is 53.2 Å². The first-order valence-electron chi connectivity index (χ1n) is 10.5. The van der Waals surface area contributed by atoms with Crippen molar-refractivity contribution < 1.29 is 13.9 Å². The van der Waals surface area contributed by atoms with Gasteiger partial charge in [-0.3, -0.25) is 9.20 Å². The molecule has 0 fully saturated rings. The molecule has 0 unspecified atom stereocenters. The monoisotopic (exact) mass is 422 g/mol. The van der Waals surface area contributed by atoms with E-state index in [2.05, 4.69) is 26.6 Å². The van der Waals surface area contributed by atoms with Crippen LogP contribution in [-0.2, 0) is 17.8 Å². The van der Waals surface area contributed by atoms with Gasteiger partial charge in [0.1, 0.15) is 17.9 Å². The van der Waals surface area contributed by atoms with Gasteiger partial charge in [0.15, 0.2) is 5.65 Å². The Bertz CT molecular complexity index is 1190. The van der Waals surface area contributed by atoms with E-state index >= 15 is 0 Å². The van der Waals surface area contributed by atoms with Crippen LogP contribution in [0.1, 0.15) is 36.5 Å². The third-order valence-corrected chi connectivity index (χ3v) is 5.91. The second kappa shape index (κ2) is 7.98. The Kier molecular flexibility index (Phi) is 5.01. The predicted octanol–water partition coefficient (Wildman–Crippen LogP) is 2.84. The van der Waals surface area contributed by atoms with Crippen LogP contribution in [0.2, 0.25) is 0 Å². The van der Waals surface area contributed by atoms with Crippen LogP contribution in [0, 0.1) is 5.82 Å². The number of fused-ring (bicyclic) bond motifs is 2. The second-order valence-electron chi connectivity index (χ2n) is 7.65. The van der Waals surface area contributed by atoms with E-state index in [1.54, 1.807) is 23.0 Å². The molecule has 31 heavy (non-hydrogen) atoms. The lowest BCUT2D eigenvalue weighted by Crippen LogP contribution is -2.34. The molecule has 2 aliphatic rings. The van der Waals surface area contributed by atoms with Gasteiger partial charge in [-0.1, -0.05) is 13.0 Å². The van der Waals surface area contributed by atoms with Crippen molar-refractivity contribution in [2.75, 3.05) is 25.0 Å². The molecule has 1 N–H and O–H groups in total. The number of anilines is 1. The molecule has 0 spiro atoms. The number of amides is 1. The molecule has 0 bridgehead atoms. The van der Waals surface area contributed by atoms with E-state index < -0.39 is 0 Å². The third kappa shape index (κ3) is 3.49. The molecule has 2 aromatic heterocycles. The summed E-state index contributed by atoms with van der Waals surface area (Å²) >= 11 is 0. The fourth-order valence-electron chi connectivity index (χ4n) is 4.21. The van der Waals surface area contributed by atoms with Gasteiger partial charge in [0, 0.05) is 55.4 Å². The number of aromatic nitrogens is 4. The van der Waals surface area contributed by atoms with Gasteiger partial charge in [-0.25, -0.2) is 9.37 Å². The van der Waals surface area contributed by atoms with Crippen molar-refractivity contribution >= 4 is 23.1 Å². The minimum Gasteiger partial charge on any atom is -0.493 e. The topological polar surface area (TPSA) is 84.7 Å². The summed E-state index contributed by atoms with van der Waals surface area (Å²) in [6, 6.07) is 3.12. The van der Waals surface area contributed by atoms with Crippen LogP contribution in [0.25, 0.3) is 11.2 Å². The smallest absolute Gasteiger partial charge is 0.222 e. The maximum Gasteiger partial charge on any atom is 0.222 e. The molecule has 3 aromatic rings. The SMILES string of the molecule is CCC(=O)N1CC=C(c2cnc(NCc3c(F)ccc4c3CCO4)n3cnnc23)CC1. The molecule has 0 radical (unpaired) electrons. The first-order valence-corrected chi connectivity index (χ1v) is 10.5. The maximum absolute atomic E-state index is 14.4. The number of carbonyl (C=O) groups excluding carboxylic acids is 1. The van der Waals surface area contributed by atoms with Crippen LogP contribution in [-0.4, -0.2) is 50.1 Å². The molecular weight excluding hydrogens is 399 g/mol. The zero-order chi connectivity index (χ0) is 21.4. The zero-order valence-corrected chi connectivity index (χ0v) is 17.3. The summed E-state index contributed by atoms with van der Waals surface area (Å²) in [5.41, 5.74) is 4.18. The molecule has 0 saturated carbocycles. The van der Waals surface area contributed by atoms with Crippen molar-refractivity contribution in [1.82, 2.24) is 24.5 Å². The standard InChI is InChI=1S/C22H23FN6O2/c1-2-20(30)28-8-5-14(6-9-28)16-11-24-22(29-13-26-27-21(16)29)25-12-17-15-7-10-31-19(15)4-3-18(17)23/h3-5,11,13H,2,6-10,12H2,1H3,(H,24,25). The van der Waals surface area contributed by atoms with Crippen LogP contribution in [0.15, 0.2) is 30.7 Å². The van der Waals surface area contributed by atoms with Crippen LogP contribution >= 0.6 is 0 Å². The average molecular weight is 422 g/mol. The molecule has 2 aliphatic heterocycles. The van der Waals surface area contributed by atoms with Crippen molar-refractivity contribution in [2.24, 2.45) is 0 Å². The quantitative estimate of drug-likeness (QED) is 0.681. The van der Waals surface area contributed by atoms with E-state index in [-0.39, 0.29) is 18.3 Å². The van der Waals surface area contributed by atoms with Crippen molar-refractivity contribution in [2.45, 2.75) is 32.7 Å². The van der Waals surface area contributed by atoms with Crippen molar-refractivity contribution in [1.29, 1.82) is 0 Å². The molecule has 160 valence electrons. The lowest BCUT2D eigenvalue weighted by atomic mass is 10.0. The first-order chi connectivity index (χ1) is 15.2. The highest BCUT2D eigenvalue weighted by Gasteiger charge is 2.21. The number of hydrogen-bond donors (Lipinski definition) is 1. The highest BCUT2D eigenvalue weighted by atomic mass is 19.1. The number of ether oxygens (including phenoxy) is 1. The molecule has 5 rings (SSSR count). The van der Waals surface area contributed by atoms with Crippen LogP contribution in [0.4, 0.5) is 10.3 Å². The number of rotatable bonds is 5. The third-order valence-electron chi connectivity index (χ3n) is 5.91. The Morgan fingerprint density at radius 3 is 3.03 bits per heavy atom. The summed E-state index contributed by atoms with van der Waals surface area (Å²) in [7, 11) is 0. The molecule has 4 heterocycles. The van der Waals surface area contributed by atoms with Gasteiger partial charge in [-0.05, 0) is 24.1 Å². The highest BCUT2D eigenvalue weighted by molar-refractivity contribution is 5.80. The molecular formula is C22H23FN6O2. The Labute approximate surface area is 178 Å². The van der Waals surface area contributed by atoms with E-state index in [0.717, 1.165) is 28.9 Å². The molecule has 9 heteroatoms. The Hall–Kier alpha value is -3.49. The fourth-order valence-corrected chi connectivity index (χ4v) is 4.21. The van der Waals surface area contributed by atoms with E-state index in [9.17, 15) is 9.18 Å². The molecule has 0 aliphatic carbocycles. The molecule has 0 saturated heterocycles. The minimum absolute atomic E-state index is 0.158. The van der Waals surface area contributed by atoms with Crippen LogP contribution < -0.4 is 10.1 Å². The van der Waals surface area contributed by atoms with Crippen LogP contribution in [0.3, 0.4) is 0 Å². The first kappa shape index (κ1) is 19.5. The summed E-state index contributed by atoms with van der Waals surface area (Å²) in [4.78, 5) is 18.3. The van der Waals surface area contributed by atoms with Gasteiger partial charge >= 0.3 is 0 Å². The number of nitrogens with one attached hydrogen (secondary N) is 1. The largest absolute Gasteiger partial charge is 0.493 e. The van der Waals surface area contributed by atoms with E-state index in [1.807, 2.05) is 11.8 Å². The molecule has 1 aromatic carbocycles. The lowest BCUT2D eigenvalue weighted by Gasteiger charge is -2.26. The summed E-state index contributed by atoms with van der Waals surface area (Å²) in [6.45, 7) is 4.00. The highest BCUT2D eigenvalue weighted by Crippen LogP contribution is 2.31. The minimum atomic E-state index is -0.257. The Morgan fingerprint density at radius 2 is 2.23 bits per heavy atom. The van der Waals surface area contributed by atoms with Gasteiger partial charge in [-0.2, -0.15) is 0 Å². The van der Waals surface area contributed by atoms with E-state index in [0.29, 0.717) is 49.7 Å². The number of halogens is 1. The molecule has 1 amide bonds. The summed E-state index contributed by atoms with van der Waals surface area (Å²) in [5, 5.41) is 11.5. The number of nitrogens with zero attached hydrogens (tertiary/aromatic N) is 5. The summed E-state index contributed by atoms with van der Waals surface area (Å²) in [6.07, 6.45) is 7.37. The zero-order valence-electron chi connectivity index (χ0n) is 17.3. The van der Waals surface area contributed by atoms with Crippen molar-refractivity contribution in [3.63, 3.8) is 0 Å². The van der Waals surface area contributed by atoms with Gasteiger partial charge in [0.05, 0.1) is 6.61 Å². The molecule has 8 nitrogen and oxygen atoms in total. The second-order valence-corrected chi connectivity index (χ2v) is 7.65. The van der Waals surface area contributed by atoms with Gasteiger partial charge in [-0.15, -0.1) is 10.2 Å². The Morgan fingerprint density at radius 1 is 1.32 bits per heavy atom. The Balaban J connectivity index is 1.40. The van der Waals surface area contributed by atoms with E-state index in [1.165, 1.54) is 6.07 Å². The number of benzene rings is 1. The molecule has 0 atom stereocenters. The summed E-state index contributed by atoms with van der Waals surface area (Å²) in [5.74, 6) is 1.19.